The molecule has 0 saturated heterocycles. The zero-order chi connectivity index (χ0) is 24.1. The number of hydrogen-bond donors (Lipinski definition) is 1. The molecule has 1 heterocycles. The number of rotatable bonds is 10. The van der Waals surface area contributed by atoms with Gasteiger partial charge in [-0.3, -0.25) is 9.10 Å². The number of carbonyl (C=O) groups is 1. The van der Waals surface area contributed by atoms with Crippen LogP contribution in [0.3, 0.4) is 0 Å². The lowest BCUT2D eigenvalue weighted by Crippen LogP contribution is -2.24. The minimum Gasteiger partial charge on any atom is -0.440 e. The van der Waals surface area contributed by atoms with Crippen molar-refractivity contribution >= 4 is 39.3 Å². The molecule has 4 rings (SSSR count). The van der Waals surface area contributed by atoms with Crippen molar-refractivity contribution in [1.29, 1.82) is 0 Å². The summed E-state index contributed by atoms with van der Waals surface area (Å²) in [4.78, 5) is 13.5. The molecule has 0 spiro atoms. The van der Waals surface area contributed by atoms with Gasteiger partial charge in [0.25, 0.3) is 0 Å². The van der Waals surface area contributed by atoms with Crippen LogP contribution < -0.4 is 9.62 Å². The van der Waals surface area contributed by atoms with Gasteiger partial charge in [0.15, 0.2) is 5.78 Å². The van der Waals surface area contributed by atoms with E-state index in [1.54, 1.807) is 16.6 Å². The molecule has 1 unspecified atom stereocenters. The number of benzene rings is 3. The first-order valence-corrected chi connectivity index (χ1v) is 12.7. The molecule has 3 aromatic carbocycles. The highest BCUT2D eigenvalue weighted by atomic mass is 32.2. The fourth-order valence-electron chi connectivity index (χ4n) is 3.79. The molecule has 1 aromatic heterocycles. The minimum atomic E-state index is -1.29. The van der Waals surface area contributed by atoms with Crippen molar-refractivity contribution in [3.8, 4) is 0 Å². The van der Waals surface area contributed by atoms with Crippen LogP contribution in [0, 0.1) is 5.82 Å². The smallest absolute Gasteiger partial charge is 0.205 e. The Morgan fingerprint density at radius 3 is 2.47 bits per heavy atom. The Balaban J connectivity index is 1.79. The highest BCUT2D eigenvalue weighted by Gasteiger charge is 2.24. The van der Waals surface area contributed by atoms with Gasteiger partial charge in [-0.1, -0.05) is 43.7 Å². The molecule has 4 aromatic rings. The Morgan fingerprint density at radius 1 is 1.06 bits per heavy atom. The molecule has 1 atom stereocenters. The molecule has 0 aliphatic carbocycles. The van der Waals surface area contributed by atoms with Crippen molar-refractivity contribution in [3.63, 3.8) is 0 Å². The van der Waals surface area contributed by atoms with Crippen molar-refractivity contribution in [2.75, 3.05) is 22.4 Å². The standard InChI is InChI=1S/C27H27FN2O3S/c1-3-4-16-29-27-25(26(31)20-10-12-21(28)13-11-20)23-17-22(14-15-24(23)33-27)30(34(2)32)18-19-8-6-5-7-9-19/h5-15,17,29H,3-4,16,18H2,1-2H3. The van der Waals surface area contributed by atoms with Crippen molar-refractivity contribution in [2.45, 2.75) is 26.3 Å². The quantitative estimate of drug-likeness (QED) is 0.214. The van der Waals surface area contributed by atoms with Crippen LogP contribution in [0.15, 0.2) is 77.2 Å². The zero-order valence-electron chi connectivity index (χ0n) is 19.2. The van der Waals surface area contributed by atoms with Gasteiger partial charge < -0.3 is 9.73 Å². The molecule has 0 bridgehead atoms. The summed E-state index contributed by atoms with van der Waals surface area (Å²) in [5.74, 6) is -0.275. The fourth-order valence-corrected chi connectivity index (χ4v) is 4.54. The second kappa shape index (κ2) is 10.7. The third-order valence-corrected chi connectivity index (χ3v) is 6.55. The zero-order valence-corrected chi connectivity index (χ0v) is 20.0. The van der Waals surface area contributed by atoms with Gasteiger partial charge in [0.1, 0.15) is 22.4 Å². The second-order valence-corrected chi connectivity index (χ2v) is 9.34. The number of furan rings is 1. The van der Waals surface area contributed by atoms with Gasteiger partial charge in [0, 0.05) is 23.8 Å². The summed E-state index contributed by atoms with van der Waals surface area (Å²) in [7, 11) is -1.29. The first-order valence-electron chi connectivity index (χ1n) is 11.2. The van der Waals surface area contributed by atoms with E-state index in [1.165, 1.54) is 24.3 Å². The summed E-state index contributed by atoms with van der Waals surface area (Å²) in [5.41, 5.74) is 3.05. The highest BCUT2D eigenvalue weighted by Crippen LogP contribution is 2.35. The average Bonchev–Trinajstić information content (AvgIpc) is 3.20. The van der Waals surface area contributed by atoms with E-state index in [-0.39, 0.29) is 5.78 Å². The first kappa shape index (κ1) is 23.7. The van der Waals surface area contributed by atoms with E-state index in [9.17, 15) is 13.4 Å². The monoisotopic (exact) mass is 478 g/mol. The summed E-state index contributed by atoms with van der Waals surface area (Å²) >= 11 is 0. The van der Waals surface area contributed by atoms with Gasteiger partial charge in [0.05, 0.1) is 17.8 Å². The Kier molecular flexibility index (Phi) is 7.43. The number of hydrogen-bond acceptors (Lipinski definition) is 4. The Hall–Kier alpha value is -3.45. The van der Waals surface area contributed by atoms with E-state index in [0.29, 0.717) is 46.8 Å². The molecule has 176 valence electrons. The van der Waals surface area contributed by atoms with E-state index < -0.39 is 16.8 Å². The third-order valence-electron chi connectivity index (χ3n) is 5.59. The minimum absolute atomic E-state index is 0.262. The highest BCUT2D eigenvalue weighted by molar-refractivity contribution is 7.85. The van der Waals surface area contributed by atoms with Gasteiger partial charge in [0.2, 0.25) is 5.88 Å². The largest absolute Gasteiger partial charge is 0.440 e. The van der Waals surface area contributed by atoms with Crippen molar-refractivity contribution in [1.82, 2.24) is 0 Å². The van der Waals surface area contributed by atoms with Crippen LogP contribution >= 0.6 is 0 Å². The van der Waals surface area contributed by atoms with E-state index in [0.717, 1.165) is 18.4 Å². The molecule has 7 heteroatoms. The van der Waals surface area contributed by atoms with Crippen LogP contribution in [0.4, 0.5) is 16.0 Å². The Bertz CT molecular complexity index is 1300. The summed E-state index contributed by atoms with van der Waals surface area (Å²) in [6.45, 7) is 3.20. The van der Waals surface area contributed by atoms with E-state index in [1.807, 2.05) is 42.5 Å². The molecule has 0 saturated carbocycles. The summed E-state index contributed by atoms with van der Waals surface area (Å²) < 4.78 is 33.9. The lowest BCUT2D eigenvalue weighted by molar-refractivity contribution is 0.104. The van der Waals surface area contributed by atoms with Gasteiger partial charge in [-0.2, -0.15) is 0 Å². The molecular formula is C27H27FN2O3S. The fraction of sp³-hybridized carbons (Fsp3) is 0.222. The third kappa shape index (κ3) is 5.20. The summed E-state index contributed by atoms with van der Waals surface area (Å²) in [5, 5.41) is 3.86. The lowest BCUT2D eigenvalue weighted by atomic mass is 10.0. The van der Waals surface area contributed by atoms with Gasteiger partial charge >= 0.3 is 0 Å². The van der Waals surface area contributed by atoms with Gasteiger partial charge in [-0.25, -0.2) is 8.60 Å². The van der Waals surface area contributed by atoms with Gasteiger partial charge in [-0.05, 0) is 54.4 Å². The van der Waals surface area contributed by atoms with E-state index in [2.05, 4.69) is 12.2 Å². The van der Waals surface area contributed by atoms with Crippen molar-refractivity contribution in [2.24, 2.45) is 0 Å². The first-order chi connectivity index (χ1) is 16.5. The number of halogens is 1. The number of nitrogens with zero attached hydrogens (tertiary/aromatic N) is 1. The molecule has 0 fully saturated rings. The van der Waals surface area contributed by atoms with Crippen LogP contribution in [0.1, 0.15) is 41.3 Å². The van der Waals surface area contributed by atoms with Crippen LogP contribution in [0.2, 0.25) is 0 Å². The number of unbranched alkanes of at least 4 members (excludes halogenated alkanes) is 1. The molecule has 0 aliphatic heterocycles. The molecule has 34 heavy (non-hydrogen) atoms. The predicted molar refractivity (Wildman–Crippen MR) is 136 cm³/mol. The van der Waals surface area contributed by atoms with E-state index in [4.69, 9.17) is 4.42 Å². The second-order valence-electron chi connectivity index (χ2n) is 8.05. The number of carbonyl (C=O) groups excluding carboxylic acids is 1. The SMILES string of the molecule is CCCCNc1oc2ccc(N(Cc3ccccc3)S(C)=O)cc2c1C(=O)c1ccc(F)cc1. The van der Waals surface area contributed by atoms with Crippen LogP contribution in [0.5, 0.6) is 0 Å². The van der Waals surface area contributed by atoms with Crippen molar-refractivity contribution < 1.29 is 17.8 Å². The number of ketones is 1. The Labute approximate surface area is 201 Å². The molecular weight excluding hydrogens is 451 g/mol. The normalized spacial score (nSPS) is 12.0. The molecule has 5 nitrogen and oxygen atoms in total. The number of nitrogens with one attached hydrogen (secondary N) is 1. The lowest BCUT2D eigenvalue weighted by Gasteiger charge is -2.21. The Morgan fingerprint density at radius 2 is 1.79 bits per heavy atom. The van der Waals surface area contributed by atoms with E-state index >= 15 is 0 Å². The number of anilines is 2. The predicted octanol–water partition coefficient (Wildman–Crippen LogP) is 6.32. The van der Waals surface area contributed by atoms with Crippen molar-refractivity contribution in [3.05, 3.63) is 95.3 Å². The molecule has 0 aliphatic rings. The summed E-state index contributed by atoms with van der Waals surface area (Å²) in [6, 6.07) is 20.8. The summed E-state index contributed by atoms with van der Waals surface area (Å²) in [6.07, 6.45) is 3.55. The molecule has 0 amide bonds. The van der Waals surface area contributed by atoms with Gasteiger partial charge in [-0.15, -0.1) is 0 Å². The van der Waals surface area contributed by atoms with Crippen LogP contribution in [-0.2, 0) is 17.5 Å². The van der Waals surface area contributed by atoms with Crippen LogP contribution in [-0.4, -0.2) is 22.8 Å². The molecule has 1 N–H and O–H groups in total. The topological polar surface area (TPSA) is 62.6 Å². The average molecular weight is 479 g/mol. The maximum Gasteiger partial charge on any atom is 0.205 e. The maximum absolute atomic E-state index is 13.5. The number of fused-ring (bicyclic) bond motifs is 1. The maximum atomic E-state index is 13.5. The molecule has 0 radical (unpaired) electrons. The van der Waals surface area contributed by atoms with Crippen LogP contribution in [0.25, 0.3) is 11.0 Å².